The highest BCUT2D eigenvalue weighted by Gasteiger charge is 2.01. The summed E-state index contributed by atoms with van der Waals surface area (Å²) < 4.78 is 5.53. The molecule has 120 valence electrons. The zero-order valence-electron chi connectivity index (χ0n) is 13.4. The molecular weight excluding hydrogens is 284 g/mol. The van der Waals surface area contributed by atoms with Gasteiger partial charge in [-0.15, -0.1) is 11.3 Å². The maximum Gasteiger partial charge on any atom is 0.191 e. The number of thiazole rings is 1. The van der Waals surface area contributed by atoms with E-state index < -0.39 is 0 Å². The van der Waals surface area contributed by atoms with E-state index in [9.17, 15) is 0 Å². The van der Waals surface area contributed by atoms with Crippen LogP contribution in [0.15, 0.2) is 11.2 Å². The molecule has 0 aliphatic carbocycles. The van der Waals surface area contributed by atoms with Crippen molar-refractivity contribution in [2.75, 3.05) is 26.3 Å². The van der Waals surface area contributed by atoms with E-state index in [0.29, 0.717) is 13.2 Å². The fraction of sp³-hybridized carbons (Fsp3) is 0.733. The lowest BCUT2D eigenvalue weighted by Crippen LogP contribution is -2.39. The first kappa shape index (κ1) is 17.9. The van der Waals surface area contributed by atoms with Crippen LogP contribution in [0.25, 0.3) is 0 Å². The molecule has 0 aliphatic heterocycles. The number of nitrogens with one attached hydrogen (secondary N) is 2. The number of ether oxygens (including phenoxy) is 1. The summed E-state index contributed by atoms with van der Waals surface area (Å²) in [6.45, 7) is 10.2. The van der Waals surface area contributed by atoms with E-state index in [0.717, 1.165) is 43.5 Å². The second-order valence-electron chi connectivity index (χ2n) is 4.66. The molecule has 5 nitrogen and oxygen atoms in total. The molecule has 1 aromatic rings. The molecule has 0 unspecified atom stereocenters. The van der Waals surface area contributed by atoms with Crippen LogP contribution in [-0.2, 0) is 17.7 Å². The van der Waals surface area contributed by atoms with Crippen molar-refractivity contribution in [3.63, 3.8) is 0 Å². The summed E-state index contributed by atoms with van der Waals surface area (Å²) in [5.74, 6) is 0.824. The number of aromatic nitrogens is 1. The van der Waals surface area contributed by atoms with Crippen molar-refractivity contribution >= 4 is 17.3 Å². The summed E-state index contributed by atoms with van der Waals surface area (Å²) in [4.78, 5) is 10.2. The third-order valence-corrected chi connectivity index (χ3v) is 3.97. The van der Waals surface area contributed by atoms with E-state index in [1.807, 2.05) is 6.20 Å². The molecule has 0 amide bonds. The van der Waals surface area contributed by atoms with Crippen molar-refractivity contribution in [2.45, 2.75) is 46.6 Å². The van der Waals surface area contributed by atoms with Gasteiger partial charge in [-0.3, -0.25) is 0 Å². The Morgan fingerprint density at radius 2 is 2.14 bits per heavy atom. The first-order chi connectivity index (χ1) is 10.3. The smallest absolute Gasteiger partial charge is 0.191 e. The Bertz CT molecular complexity index is 406. The maximum atomic E-state index is 5.53. The number of guanidine groups is 1. The SMILES string of the molecule is CCCCOCCNC(=NCc1ncc(CC)s1)NCC. The Kier molecular flexibility index (Phi) is 9.82. The monoisotopic (exact) mass is 312 g/mol. The van der Waals surface area contributed by atoms with Gasteiger partial charge in [-0.2, -0.15) is 0 Å². The van der Waals surface area contributed by atoms with Gasteiger partial charge in [0, 0.05) is 30.8 Å². The Labute approximate surface area is 132 Å². The number of nitrogens with zero attached hydrogens (tertiary/aromatic N) is 2. The summed E-state index contributed by atoms with van der Waals surface area (Å²) in [6.07, 6.45) is 5.27. The molecule has 21 heavy (non-hydrogen) atoms. The van der Waals surface area contributed by atoms with Crippen molar-refractivity contribution in [2.24, 2.45) is 4.99 Å². The molecule has 0 bridgehead atoms. The van der Waals surface area contributed by atoms with Gasteiger partial charge in [0.15, 0.2) is 5.96 Å². The summed E-state index contributed by atoms with van der Waals surface area (Å²) in [7, 11) is 0. The molecule has 0 spiro atoms. The zero-order chi connectivity index (χ0) is 15.3. The number of hydrogen-bond donors (Lipinski definition) is 2. The van der Waals surface area contributed by atoms with Crippen molar-refractivity contribution in [1.29, 1.82) is 0 Å². The van der Waals surface area contributed by atoms with Crippen LogP contribution in [0.2, 0.25) is 0 Å². The van der Waals surface area contributed by atoms with Gasteiger partial charge in [-0.25, -0.2) is 9.98 Å². The number of aliphatic imine (C=N–C) groups is 1. The van der Waals surface area contributed by atoms with Crippen LogP contribution in [0.1, 0.15) is 43.5 Å². The van der Waals surface area contributed by atoms with E-state index in [1.165, 1.54) is 11.3 Å². The van der Waals surface area contributed by atoms with Gasteiger partial charge < -0.3 is 15.4 Å². The fourth-order valence-corrected chi connectivity index (χ4v) is 2.45. The minimum absolute atomic E-state index is 0.622. The molecule has 0 aromatic carbocycles. The molecule has 0 radical (unpaired) electrons. The van der Waals surface area contributed by atoms with Crippen molar-refractivity contribution in [1.82, 2.24) is 15.6 Å². The molecule has 0 aliphatic rings. The molecule has 0 saturated carbocycles. The molecule has 2 N–H and O–H groups in total. The van der Waals surface area contributed by atoms with Crippen molar-refractivity contribution in [3.05, 3.63) is 16.1 Å². The van der Waals surface area contributed by atoms with E-state index in [1.54, 1.807) is 11.3 Å². The third kappa shape index (κ3) is 8.02. The van der Waals surface area contributed by atoms with Crippen LogP contribution in [0.3, 0.4) is 0 Å². The van der Waals surface area contributed by atoms with Gasteiger partial charge in [0.1, 0.15) is 5.01 Å². The highest BCUT2D eigenvalue weighted by Crippen LogP contribution is 2.13. The first-order valence-corrected chi connectivity index (χ1v) is 8.65. The van der Waals surface area contributed by atoms with Crippen molar-refractivity contribution < 1.29 is 4.74 Å². The summed E-state index contributed by atoms with van der Waals surface area (Å²) in [5.41, 5.74) is 0. The van der Waals surface area contributed by atoms with Crippen LogP contribution in [-0.4, -0.2) is 37.2 Å². The van der Waals surface area contributed by atoms with Gasteiger partial charge in [0.2, 0.25) is 0 Å². The van der Waals surface area contributed by atoms with E-state index >= 15 is 0 Å². The predicted molar refractivity (Wildman–Crippen MR) is 90.0 cm³/mol. The summed E-state index contributed by atoms with van der Waals surface area (Å²) in [5, 5.41) is 7.57. The summed E-state index contributed by atoms with van der Waals surface area (Å²) >= 11 is 1.73. The normalized spacial score (nSPS) is 11.7. The minimum Gasteiger partial charge on any atom is -0.380 e. The van der Waals surface area contributed by atoms with Gasteiger partial charge in [0.05, 0.1) is 13.2 Å². The minimum atomic E-state index is 0.622. The van der Waals surface area contributed by atoms with Gasteiger partial charge in [0.25, 0.3) is 0 Å². The molecule has 0 saturated heterocycles. The number of rotatable bonds is 10. The number of unbranched alkanes of at least 4 members (excludes halogenated alkanes) is 1. The van der Waals surface area contributed by atoms with Crippen LogP contribution in [0.4, 0.5) is 0 Å². The lowest BCUT2D eigenvalue weighted by Gasteiger charge is -2.11. The quantitative estimate of drug-likeness (QED) is 0.396. The Hall–Kier alpha value is -1.14. The molecule has 1 heterocycles. The molecule has 0 fully saturated rings. The highest BCUT2D eigenvalue weighted by atomic mass is 32.1. The fourth-order valence-electron chi connectivity index (χ4n) is 1.66. The molecular formula is C15H28N4OS. The lowest BCUT2D eigenvalue weighted by atomic mass is 10.4. The Balaban J connectivity index is 2.31. The van der Waals surface area contributed by atoms with Gasteiger partial charge in [-0.1, -0.05) is 20.3 Å². The average Bonchev–Trinajstić information content (AvgIpc) is 2.96. The number of aryl methyl sites for hydroxylation is 1. The Morgan fingerprint density at radius 1 is 1.29 bits per heavy atom. The van der Waals surface area contributed by atoms with E-state index in [-0.39, 0.29) is 0 Å². The second-order valence-corrected chi connectivity index (χ2v) is 5.86. The second kappa shape index (κ2) is 11.5. The third-order valence-electron chi connectivity index (χ3n) is 2.85. The summed E-state index contributed by atoms with van der Waals surface area (Å²) in [6, 6.07) is 0. The largest absolute Gasteiger partial charge is 0.380 e. The van der Waals surface area contributed by atoms with Crippen LogP contribution in [0.5, 0.6) is 0 Å². The number of hydrogen-bond acceptors (Lipinski definition) is 4. The standard InChI is InChI=1S/C15H28N4OS/c1-4-7-9-20-10-8-17-15(16-6-3)19-12-14-18-11-13(5-2)21-14/h11H,4-10,12H2,1-3H3,(H2,16,17,19). The first-order valence-electron chi connectivity index (χ1n) is 7.83. The molecule has 1 aromatic heterocycles. The molecule has 6 heteroatoms. The molecule has 0 atom stereocenters. The van der Waals surface area contributed by atoms with Crippen molar-refractivity contribution in [3.8, 4) is 0 Å². The van der Waals surface area contributed by atoms with Gasteiger partial charge in [-0.05, 0) is 19.8 Å². The average molecular weight is 312 g/mol. The van der Waals surface area contributed by atoms with E-state index in [4.69, 9.17) is 4.74 Å². The lowest BCUT2D eigenvalue weighted by molar-refractivity contribution is 0.136. The van der Waals surface area contributed by atoms with E-state index in [2.05, 4.69) is 41.4 Å². The Morgan fingerprint density at radius 3 is 2.81 bits per heavy atom. The molecule has 1 rings (SSSR count). The van der Waals surface area contributed by atoms with Crippen LogP contribution >= 0.6 is 11.3 Å². The highest BCUT2D eigenvalue weighted by molar-refractivity contribution is 7.11. The zero-order valence-corrected chi connectivity index (χ0v) is 14.3. The van der Waals surface area contributed by atoms with Crippen LogP contribution in [0, 0.1) is 0 Å². The predicted octanol–water partition coefficient (Wildman–Crippen LogP) is 2.58. The maximum absolute atomic E-state index is 5.53. The topological polar surface area (TPSA) is 58.5 Å². The van der Waals surface area contributed by atoms with Gasteiger partial charge >= 0.3 is 0 Å². The van der Waals surface area contributed by atoms with Crippen LogP contribution < -0.4 is 10.6 Å².